The van der Waals surface area contributed by atoms with Crippen molar-refractivity contribution in [2.75, 3.05) is 71.2 Å². The number of rotatable bonds is 11. The fourth-order valence-corrected chi connectivity index (χ4v) is 4.33. The maximum Gasteiger partial charge on any atom is 0.348 e. The van der Waals surface area contributed by atoms with Crippen molar-refractivity contribution in [3.8, 4) is 22.8 Å². The predicted molar refractivity (Wildman–Crippen MR) is 144 cm³/mol. The van der Waals surface area contributed by atoms with Crippen LogP contribution in [0.5, 0.6) is 5.75 Å². The molecule has 1 fully saturated rings. The first kappa shape index (κ1) is 26.4. The van der Waals surface area contributed by atoms with Gasteiger partial charge in [0.25, 0.3) is 0 Å². The normalized spacial score (nSPS) is 14.1. The number of aromatic amines is 1. The summed E-state index contributed by atoms with van der Waals surface area (Å²) in [6.07, 6.45) is 0.528. The fraction of sp³-hybridized carbons (Fsp3) is 0.423. The van der Waals surface area contributed by atoms with Gasteiger partial charge in [-0.3, -0.25) is 0 Å². The summed E-state index contributed by atoms with van der Waals surface area (Å²) in [7, 11) is 5.26. The summed E-state index contributed by atoms with van der Waals surface area (Å²) in [6, 6.07) is 11.5. The third-order valence-corrected chi connectivity index (χ3v) is 6.43. The standard InChI is InChI=1S/C26H35N7O4/c1-5-22(27)20-14-21(24(37-17-36-4)15-23(20)28-16-35-3)25-29-30-26(34)33(25)19-8-6-18(7-9-19)32-12-10-31(2)11-13-32/h6-9,14-15,27-28H,5,10-13,16-17H2,1-4H3,(H,30,34). The van der Waals surface area contributed by atoms with Crippen molar-refractivity contribution < 1.29 is 14.2 Å². The number of anilines is 2. The number of hydrogen-bond acceptors (Lipinski definition) is 9. The van der Waals surface area contributed by atoms with Crippen LogP contribution in [0.25, 0.3) is 17.1 Å². The first-order valence-corrected chi connectivity index (χ1v) is 12.3. The number of ether oxygens (including phenoxy) is 3. The van der Waals surface area contributed by atoms with Crippen molar-refractivity contribution in [3.63, 3.8) is 0 Å². The van der Waals surface area contributed by atoms with Crippen LogP contribution in [0.2, 0.25) is 0 Å². The largest absolute Gasteiger partial charge is 0.467 e. The Morgan fingerprint density at radius 3 is 2.43 bits per heavy atom. The van der Waals surface area contributed by atoms with Crippen molar-refractivity contribution >= 4 is 17.1 Å². The molecule has 11 heteroatoms. The summed E-state index contributed by atoms with van der Waals surface area (Å²) in [4.78, 5) is 17.6. The molecule has 3 N–H and O–H groups in total. The van der Waals surface area contributed by atoms with Crippen molar-refractivity contribution in [1.29, 1.82) is 5.41 Å². The van der Waals surface area contributed by atoms with E-state index >= 15 is 0 Å². The summed E-state index contributed by atoms with van der Waals surface area (Å²) in [5.41, 5.74) is 3.78. The third-order valence-electron chi connectivity index (χ3n) is 6.43. The maximum atomic E-state index is 12.9. The van der Waals surface area contributed by atoms with Crippen LogP contribution in [0.4, 0.5) is 11.4 Å². The van der Waals surface area contributed by atoms with Crippen LogP contribution in [0.1, 0.15) is 18.9 Å². The zero-order valence-corrected chi connectivity index (χ0v) is 21.8. The van der Waals surface area contributed by atoms with Crippen LogP contribution in [0, 0.1) is 5.41 Å². The number of methoxy groups -OCH3 is 2. The van der Waals surface area contributed by atoms with Crippen LogP contribution in [0.3, 0.4) is 0 Å². The summed E-state index contributed by atoms with van der Waals surface area (Å²) >= 11 is 0. The molecule has 3 aromatic rings. The Bertz CT molecular complexity index is 1260. The summed E-state index contributed by atoms with van der Waals surface area (Å²) < 4.78 is 17.7. The maximum absolute atomic E-state index is 12.9. The third kappa shape index (κ3) is 5.85. The van der Waals surface area contributed by atoms with Gasteiger partial charge in [-0.15, -0.1) is 0 Å². The molecule has 0 radical (unpaired) electrons. The molecule has 37 heavy (non-hydrogen) atoms. The molecule has 0 atom stereocenters. The van der Waals surface area contributed by atoms with Gasteiger partial charge in [-0.05, 0) is 43.8 Å². The number of H-pyrrole nitrogens is 1. The highest BCUT2D eigenvalue weighted by Gasteiger charge is 2.22. The van der Waals surface area contributed by atoms with Gasteiger partial charge >= 0.3 is 5.69 Å². The molecule has 0 unspecified atom stereocenters. The highest BCUT2D eigenvalue weighted by Crippen LogP contribution is 2.35. The van der Waals surface area contributed by atoms with Gasteiger partial charge in [-0.25, -0.2) is 14.5 Å². The van der Waals surface area contributed by atoms with E-state index in [0.717, 1.165) is 31.9 Å². The Balaban J connectivity index is 1.77. The van der Waals surface area contributed by atoms with Crippen LogP contribution >= 0.6 is 0 Å². The van der Waals surface area contributed by atoms with Gasteiger partial charge in [-0.2, -0.15) is 5.10 Å². The quantitative estimate of drug-likeness (QED) is 0.267. The lowest BCUT2D eigenvalue weighted by Crippen LogP contribution is -2.44. The van der Waals surface area contributed by atoms with E-state index in [4.69, 9.17) is 19.6 Å². The van der Waals surface area contributed by atoms with Gasteiger partial charge in [0.05, 0.1) is 11.3 Å². The summed E-state index contributed by atoms with van der Waals surface area (Å²) in [5.74, 6) is 0.842. The van der Waals surface area contributed by atoms with Crippen LogP contribution in [0.15, 0.2) is 41.2 Å². The van der Waals surface area contributed by atoms with Crippen LogP contribution in [-0.4, -0.2) is 86.3 Å². The molecular weight excluding hydrogens is 474 g/mol. The smallest absolute Gasteiger partial charge is 0.348 e. The van der Waals surface area contributed by atoms with Gasteiger partial charge in [0.2, 0.25) is 0 Å². The van der Waals surface area contributed by atoms with E-state index in [-0.39, 0.29) is 19.2 Å². The van der Waals surface area contributed by atoms with Gasteiger partial charge in [-0.1, -0.05) is 6.92 Å². The fourth-order valence-electron chi connectivity index (χ4n) is 4.33. The molecule has 198 valence electrons. The molecule has 0 spiro atoms. The Hall–Kier alpha value is -3.67. The Kier molecular flexibility index (Phi) is 8.59. The second-order valence-electron chi connectivity index (χ2n) is 8.88. The molecule has 0 saturated carbocycles. The van der Waals surface area contributed by atoms with Gasteiger partial charge in [0.15, 0.2) is 12.6 Å². The zero-order chi connectivity index (χ0) is 26.4. The van der Waals surface area contributed by atoms with E-state index in [2.05, 4.69) is 32.4 Å². The van der Waals surface area contributed by atoms with E-state index in [1.54, 1.807) is 13.2 Å². The minimum Gasteiger partial charge on any atom is -0.467 e. The van der Waals surface area contributed by atoms with Gasteiger partial charge in [0.1, 0.15) is 12.5 Å². The first-order chi connectivity index (χ1) is 18.0. The van der Waals surface area contributed by atoms with E-state index in [1.165, 1.54) is 11.7 Å². The SMILES string of the molecule is CCC(=N)c1cc(-c2n[nH]c(=O)n2-c2ccc(N3CCN(C)CC3)cc2)c(OCOC)cc1NCOC. The van der Waals surface area contributed by atoms with E-state index in [1.807, 2.05) is 37.3 Å². The lowest BCUT2D eigenvalue weighted by molar-refractivity contribution is 0.0515. The van der Waals surface area contributed by atoms with Crippen molar-refractivity contribution in [2.24, 2.45) is 0 Å². The molecule has 0 bridgehead atoms. The molecule has 2 heterocycles. The predicted octanol–water partition coefficient (Wildman–Crippen LogP) is 2.76. The van der Waals surface area contributed by atoms with E-state index < -0.39 is 0 Å². The Labute approximate surface area is 216 Å². The lowest BCUT2D eigenvalue weighted by atomic mass is 10.0. The summed E-state index contributed by atoms with van der Waals surface area (Å²) in [5, 5.41) is 18.6. The second kappa shape index (κ2) is 12.0. The highest BCUT2D eigenvalue weighted by atomic mass is 16.7. The monoisotopic (exact) mass is 509 g/mol. The molecule has 1 aliphatic heterocycles. The highest BCUT2D eigenvalue weighted by molar-refractivity contribution is 6.04. The number of benzene rings is 2. The Morgan fingerprint density at radius 2 is 1.78 bits per heavy atom. The number of nitrogens with one attached hydrogen (secondary N) is 3. The summed E-state index contributed by atoms with van der Waals surface area (Å²) in [6.45, 7) is 6.15. The van der Waals surface area contributed by atoms with E-state index in [0.29, 0.717) is 46.2 Å². The number of aromatic nitrogens is 3. The average molecular weight is 510 g/mol. The van der Waals surface area contributed by atoms with E-state index in [9.17, 15) is 4.79 Å². The van der Waals surface area contributed by atoms with Crippen molar-refractivity contribution in [3.05, 3.63) is 52.4 Å². The minimum absolute atomic E-state index is 0.00959. The molecule has 1 saturated heterocycles. The molecule has 2 aromatic carbocycles. The van der Waals surface area contributed by atoms with Crippen molar-refractivity contribution in [2.45, 2.75) is 13.3 Å². The zero-order valence-electron chi connectivity index (χ0n) is 21.8. The Morgan fingerprint density at radius 1 is 1.08 bits per heavy atom. The molecule has 4 rings (SSSR count). The number of piperazine rings is 1. The molecule has 1 aliphatic rings. The molecule has 0 amide bonds. The van der Waals surface area contributed by atoms with Gasteiger partial charge in [0, 0.05) is 69.1 Å². The van der Waals surface area contributed by atoms with Crippen LogP contribution < -0.4 is 20.6 Å². The van der Waals surface area contributed by atoms with Crippen LogP contribution in [-0.2, 0) is 9.47 Å². The van der Waals surface area contributed by atoms with Crippen molar-refractivity contribution in [1.82, 2.24) is 19.7 Å². The number of likely N-dealkylation sites (N-methyl/N-ethyl adjacent to an activating group) is 1. The average Bonchev–Trinajstić information content (AvgIpc) is 3.31. The van der Waals surface area contributed by atoms with Gasteiger partial charge < -0.3 is 34.7 Å². The molecular formula is C26H35N7O4. The number of nitrogens with zero attached hydrogens (tertiary/aromatic N) is 4. The number of hydrogen-bond donors (Lipinski definition) is 3. The topological polar surface area (TPSA) is 121 Å². The molecule has 0 aliphatic carbocycles. The second-order valence-corrected chi connectivity index (χ2v) is 8.88. The molecule has 11 nitrogen and oxygen atoms in total. The first-order valence-electron chi connectivity index (χ1n) is 12.3. The lowest BCUT2D eigenvalue weighted by Gasteiger charge is -2.34. The minimum atomic E-state index is -0.367. The molecule has 1 aromatic heterocycles.